The van der Waals surface area contributed by atoms with Crippen molar-refractivity contribution >= 4 is 27.7 Å². The predicted octanol–water partition coefficient (Wildman–Crippen LogP) is 2.69. The molecule has 31 heavy (non-hydrogen) atoms. The van der Waals surface area contributed by atoms with Crippen LogP contribution in [0.5, 0.6) is 0 Å². The van der Waals surface area contributed by atoms with E-state index in [1.54, 1.807) is 6.20 Å². The summed E-state index contributed by atoms with van der Waals surface area (Å²) in [5, 5.41) is 8.93. The first-order valence-electron chi connectivity index (χ1n) is 10.6. The van der Waals surface area contributed by atoms with E-state index < -0.39 is 0 Å². The fourth-order valence-electron chi connectivity index (χ4n) is 4.26. The molecule has 5 rings (SSSR count). The van der Waals surface area contributed by atoms with Crippen molar-refractivity contribution in [3.8, 4) is 0 Å². The number of nitrogens with zero attached hydrogens (tertiary/aromatic N) is 3. The molecule has 0 unspecified atom stereocenters. The summed E-state index contributed by atoms with van der Waals surface area (Å²) in [6, 6.07) is 18.0. The molecule has 2 aromatic carbocycles. The molecule has 0 radical (unpaired) electrons. The number of carbonyl (C=O) groups excluding carboxylic acids is 1. The highest BCUT2D eigenvalue weighted by Gasteiger charge is 2.19. The highest BCUT2D eigenvalue weighted by molar-refractivity contribution is 6.07. The zero-order valence-corrected chi connectivity index (χ0v) is 17.2. The second-order valence-corrected chi connectivity index (χ2v) is 7.90. The lowest BCUT2D eigenvalue weighted by Crippen LogP contribution is -2.37. The second kappa shape index (κ2) is 8.35. The van der Waals surface area contributed by atoms with Crippen LogP contribution in [0.15, 0.2) is 65.6 Å². The van der Waals surface area contributed by atoms with E-state index in [0.29, 0.717) is 18.6 Å². The van der Waals surface area contributed by atoms with Gasteiger partial charge in [-0.1, -0.05) is 48.5 Å². The van der Waals surface area contributed by atoms with Crippen molar-refractivity contribution in [1.29, 1.82) is 0 Å². The average Bonchev–Trinajstić information content (AvgIpc) is 3.42. The Hall–Kier alpha value is -3.45. The SMILES string of the molecule is O=C(Cn1ncc2c3ccccc3n(Cc3ccccc3)c2c1=O)NC[C@H]1CCCO1. The number of ether oxygens (including phenoxy) is 1. The Bertz CT molecular complexity index is 1290. The van der Waals surface area contributed by atoms with Crippen LogP contribution < -0.4 is 10.9 Å². The number of rotatable bonds is 6. The van der Waals surface area contributed by atoms with Crippen molar-refractivity contribution < 1.29 is 9.53 Å². The van der Waals surface area contributed by atoms with Gasteiger partial charge in [0.25, 0.3) is 5.56 Å². The lowest BCUT2D eigenvalue weighted by atomic mass is 10.2. The van der Waals surface area contributed by atoms with Gasteiger partial charge >= 0.3 is 0 Å². The maximum atomic E-state index is 13.4. The van der Waals surface area contributed by atoms with Gasteiger partial charge in [0.2, 0.25) is 5.91 Å². The summed E-state index contributed by atoms with van der Waals surface area (Å²) < 4.78 is 8.80. The number of carbonyl (C=O) groups is 1. The maximum absolute atomic E-state index is 13.4. The molecular formula is C24H24N4O3. The molecule has 7 nitrogen and oxygen atoms in total. The van der Waals surface area contributed by atoms with E-state index in [-0.39, 0.29) is 24.1 Å². The van der Waals surface area contributed by atoms with Gasteiger partial charge in [-0.25, -0.2) is 4.68 Å². The fraction of sp³-hybridized carbons (Fsp3) is 0.292. The molecular weight excluding hydrogens is 392 g/mol. The summed E-state index contributed by atoms with van der Waals surface area (Å²) in [6.07, 6.45) is 3.71. The molecule has 158 valence electrons. The van der Waals surface area contributed by atoms with E-state index >= 15 is 0 Å². The fourth-order valence-corrected chi connectivity index (χ4v) is 4.26. The largest absolute Gasteiger partial charge is 0.376 e. The third-order valence-electron chi connectivity index (χ3n) is 5.80. The Morgan fingerprint density at radius 3 is 2.71 bits per heavy atom. The molecule has 1 saturated heterocycles. The minimum absolute atomic E-state index is 0.0597. The van der Waals surface area contributed by atoms with Crippen molar-refractivity contribution in [3.05, 3.63) is 76.7 Å². The topological polar surface area (TPSA) is 78.2 Å². The lowest BCUT2D eigenvalue weighted by Gasteiger charge is -2.12. The van der Waals surface area contributed by atoms with E-state index in [0.717, 1.165) is 41.3 Å². The molecule has 1 atom stereocenters. The molecule has 1 N–H and O–H groups in total. The van der Waals surface area contributed by atoms with Gasteiger partial charge in [-0.05, 0) is 24.5 Å². The van der Waals surface area contributed by atoms with Crippen molar-refractivity contribution in [2.45, 2.75) is 32.0 Å². The number of para-hydroxylation sites is 1. The van der Waals surface area contributed by atoms with E-state index in [4.69, 9.17) is 4.74 Å². The minimum atomic E-state index is -0.267. The van der Waals surface area contributed by atoms with Crippen LogP contribution in [0.2, 0.25) is 0 Å². The first-order valence-corrected chi connectivity index (χ1v) is 10.6. The van der Waals surface area contributed by atoms with Crippen LogP contribution in [0.1, 0.15) is 18.4 Å². The molecule has 1 aliphatic heterocycles. The quantitative estimate of drug-likeness (QED) is 0.524. The standard InChI is InChI=1S/C24H24N4O3/c29-22(25-13-18-9-6-12-31-18)16-28-24(30)23-20(14-26-28)19-10-4-5-11-21(19)27(23)15-17-7-2-1-3-8-17/h1-5,7-8,10-11,14,18H,6,9,12-13,15-16H2,(H,25,29)/t18-/m1/s1. The number of aromatic nitrogens is 3. The molecule has 1 aliphatic rings. The number of hydrogen-bond donors (Lipinski definition) is 1. The molecule has 0 bridgehead atoms. The first-order chi connectivity index (χ1) is 15.2. The van der Waals surface area contributed by atoms with Crippen LogP contribution in [0.4, 0.5) is 0 Å². The Morgan fingerprint density at radius 1 is 1.10 bits per heavy atom. The van der Waals surface area contributed by atoms with Crippen LogP contribution in [0.3, 0.4) is 0 Å². The van der Waals surface area contributed by atoms with Crippen LogP contribution in [-0.4, -0.2) is 39.5 Å². The lowest BCUT2D eigenvalue weighted by molar-refractivity contribution is -0.122. The first kappa shape index (κ1) is 19.5. The Balaban J connectivity index is 1.50. The van der Waals surface area contributed by atoms with Gasteiger partial charge in [-0.2, -0.15) is 5.10 Å². The summed E-state index contributed by atoms with van der Waals surface area (Å²) in [5.41, 5.74) is 2.37. The third kappa shape index (κ3) is 3.84. The van der Waals surface area contributed by atoms with E-state index in [1.807, 2.05) is 59.2 Å². The van der Waals surface area contributed by atoms with Crippen molar-refractivity contribution in [1.82, 2.24) is 19.7 Å². The van der Waals surface area contributed by atoms with E-state index in [2.05, 4.69) is 10.4 Å². The molecule has 1 fully saturated rings. The highest BCUT2D eigenvalue weighted by Crippen LogP contribution is 2.27. The normalized spacial score (nSPS) is 16.2. The van der Waals surface area contributed by atoms with Crippen LogP contribution >= 0.6 is 0 Å². The summed E-state index contributed by atoms with van der Waals surface area (Å²) in [4.78, 5) is 25.8. The van der Waals surface area contributed by atoms with E-state index in [1.165, 1.54) is 4.68 Å². The third-order valence-corrected chi connectivity index (χ3v) is 5.80. The number of fused-ring (bicyclic) bond motifs is 3. The van der Waals surface area contributed by atoms with Gasteiger partial charge in [0.05, 0.1) is 12.3 Å². The smallest absolute Gasteiger partial charge is 0.291 e. The van der Waals surface area contributed by atoms with Gasteiger partial charge in [0, 0.05) is 36.0 Å². The van der Waals surface area contributed by atoms with Crippen molar-refractivity contribution in [3.63, 3.8) is 0 Å². The molecule has 2 aromatic heterocycles. The number of amides is 1. The predicted molar refractivity (Wildman–Crippen MR) is 119 cm³/mol. The molecule has 3 heterocycles. The minimum Gasteiger partial charge on any atom is -0.376 e. The van der Waals surface area contributed by atoms with Crippen molar-refractivity contribution in [2.75, 3.05) is 13.2 Å². The summed E-state index contributed by atoms with van der Waals surface area (Å²) in [6.45, 7) is 1.65. The molecule has 0 saturated carbocycles. The summed E-state index contributed by atoms with van der Waals surface area (Å²) in [7, 11) is 0. The monoisotopic (exact) mass is 416 g/mol. The van der Waals surface area contributed by atoms with Gasteiger partial charge < -0.3 is 14.6 Å². The van der Waals surface area contributed by atoms with E-state index in [9.17, 15) is 9.59 Å². The highest BCUT2D eigenvalue weighted by atomic mass is 16.5. The molecule has 0 aliphatic carbocycles. The van der Waals surface area contributed by atoms with Gasteiger partial charge in [0.15, 0.2) is 0 Å². The van der Waals surface area contributed by atoms with Crippen molar-refractivity contribution in [2.24, 2.45) is 0 Å². The van der Waals surface area contributed by atoms with Gasteiger partial charge in [-0.15, -0.1) is 0 Å². The average molecular weight is 416 g/mol. The zero-order valence-electron chi connectivity index (χ0n) is 17.2. The molecule has 4 aromatic rings. The van der Waals surface area contributed by atoms with Gasteiger partial charge in [-0.3, -0.25) is 9.59 Å². The number of benzene rings is 2. The Kier molecular flexibility index (Phi) is 5.26. The Labute approximate surface area is 179 Å². The second-order valence-electron chi connectivity index (χ2n) is 7.90. The molecule has 0 spiro atoms. The van der Waals surface area contributed by atoms with Crippen LogP contribution in [-0.2, 0) is 22.6 Å². The Morgan fingerprint density at radius 2 is 1.90 bits per heavy atom. The molecule has 1 amide bonds. The van der Waals surface area contributed by atoms with Crippen LogP contribution in [0.25, 0.3) is 21.8 Å². The molecule has 7 heteroatoms. The number of hydrogen-bond acceptors (Lipinski definition) is 4. The van der Waals surface area contributed by atoms with Gasteiger partial charge in [0.1, 0.15) is 12.1 Å². The number of nitrogens with one attached hydrogen (secondary N) is 1. The maximum Gasteiger partial charge on any atom is 0.291 e. The summed E-state index contributed by atoms with van der Waals surface area (Å²) in [5.74, 6) is -0.241. The van der Waals surface area contributed by atoms with Crippen LogP contribution in [0, 0.1) is 0 Å². The summed E-state index contributed by atoms with van der Waals surface area (Å²) >= 11 is 0. The zero-order chi connectivity index (χ0) is 21.2.